The number of carbonyl (C=O) groups excluding carboxylic acids is 1. The van der Waals surface area contributed by atoms with Crippen molar-refractivity contribution >= 4 is 17.7 Å². The van der Waals surface area contributed by atoms with Gasteiger partial charge in [0, 0.05) is 12.6 Å². The van der Waals surface area contributed by atoms with Gasteiger partial charge in [-0.05, 0) is 19.1 Å². The fraction of sp³-hybridized carbons (Fsp3) is 0.250. The van der Waals surface area contributed by atoms with Crippen molar-refractivity contribution in [2.24, 2.45) is 0 Å². The minimum atomic E-state index is -1.00. The smallest absolute Gasteiger partial charge is 0.305 e. The van der Waals surface area contributed by atoms with Crippen molar-refractivity contribution < 1.29 is 23.6 Å². The Hall–Kier alpha value is -2.57. The summed E-state index contributed by atoms with van der Waals surface area (Å²) in [6.45, 7) is 1.67. The number of hydrogen-bond acceptors (Lipinski definition) is 5. The molecule has 0 aromatic carbocycles. The number of carboxylic acid groups (broad SMARTS) is 1. The molecule has 0 aliphatic rings. The quantitative estimate of drug-likeness (QED) is 0.882. The molecule has 0 saturated heterocycles. The first-order chi connectivity index (χ1) is 9.08. The molecule has 7 nitrogen and oxygen atoms in total. The lowest BCUT2D eigenvalue weighted by atomic mass is 10.3. The zero-order valence-corrected chi connectivity index (χ0v) is 10.2. The van der Waals surface area contributed by atoms with Crippen LogP contribution in [-0.4, -0.2) is 28.7 Å². The highest BCUT2D eigenvalue weighted by Gasteiger charge is 2.23. The Kier molecular flexibility index (Phi) is 3.65. The molecule has 19 heavy (non-hydrogen) atoms. The lowest BCUT2D eigenvalue weighted by Crippen LogP contribution is -2.33. The van der Waals surface area contributed by atoms with Gasteiger partial charge in [-0.15, -0.1) is 0 Å². The van der Waals surface area contributed by atoms with E-state index in [2.05, 4.69) is 5.16 Å². The van der Waals surface area contributed by atoms with Gasteiger partial charge in [0.25, 0.3) is 5.91 Å². The highest BCUT2D eigenvalue weighted by molar-refractivity contribution is 6.03. The number of furan rings is 1. The molecule has 0 atom stereocenters. The van der Waals surface area contributed by atoms with Gasteiger partial charge in [-0.25, -0.2) is 0 Å². The highest BCUT2D eigenvalue weighted by atomic mass is 16.5. The molecule has 2 aromatic heterocycles. The van der Waals surface area contributed by atoms with E-state index < -0.39 is 11.9 Å². The van der Waals surface area contributed by atoms with Gasteiger partial charge in [-0.3, -0.25) is 14.5 Å². The number of nitrogens with zero attached hydrogens (tertiary/aromatic N) is 2. The van der Waals surface area contributed by atoms with Gasteiger partial charge >= 0.3 is 5.97 Å². The molecule has 2 rings (SSSR count). The van der Waals surface area contributed by atoms with Crippen LogP contribution in [0.5, 0.6) is 0 Å². The summed E-state index contributed by atoms with van der Waals surface area (Å²) in [6.07, 6.45) is 1.18. The molecule has 2 aromatic rings. The second kappa shape index (κ2) is 5.38. The Balaban J connectivity index is 2.23. The Morgan fingerprint density at radius 2 is 2.26 bits per heavy atom. The molecule has 1 amide bonds. The third kappa shape index (κ3) is 3.01. The van der Waals surface area contributed by atoms with Crippen molar-refractivity contribution in [3.8, 4) is 0 Å². The lowest BCUT2D eigenvalue weighted by Gasteiger charge is -2.17. The van der Waals surface area contributed by atoms with Crippen LogP contribution < -0.4 is 4.90 Å². The number of hydrogen-bond donors (Lipinski definition) is 1. The predicted octanol–water partition coefficient (Wildman–Crippen LogP) is 1.70. The second-order valence-electron chi connectivity index (χ2n) is 3.87. The molecule has 0 bridgehead atoms. The first-order valence-corrected chi connectivity index (χ1v) is 5.58. The number of carboxylic acids is 1. The molecule has 1 N–H and O–H groups in total. The van der Waals surface area contributed by atoms with E-state index in [1.807, 2.05) is 0 Å². The van der Waals surface area contributed by atoms with Crippen molar-refractivity contribution in [2.45, 2.75) is 13.3 Å². The summed E-state index contributed by atoms with van der Waals surface area (Å²) in [5.74, 6) is -0.550. The average molecular weight is 264 g/mol. The molecular weight excluding hydrogens is 252 g/mol. The fourth-order valence-corrected chi connectivity index (χ4v) is 1.54. The third-order valence-corrected chi connectivity index (χ3v) is 2.42. The summed E-state index contributed by atoms with van der Waals surface area (Å²) in [6, 6.07) is 4.64. The molecule has 0 unspecified atom stereocenters. The van der Waals surface area contributed by atoms with E-state index in [0.29, 0.717) is 5.76 Å². The van der Waals surface area contributed by atoms with Gasteiger partial charge < -0.3 is 14.0 Å². The summed E-state index contributed by atoms with van der Waals surface area (Å²) < 4.78 is 9.91. The molecule has 2 heterocycles. The van der Waals surface area contributed by atoms with Crippen LogP contribution in [0.15, 0.2) is 33.4 Å². The molecule has 0 spiro atoms. The van der Waals surface area contributed by atoms with Crippen molar-refractivity contribution in [3.63, 3.8) is 0 Å². The number of carbonyl (C=O) groups is 2. The topological polar surface area (TPSA) is 96.8 Å². The number of anilines is 1. The van der Waals surface area contributed by atoms with Crippen LogP contribution in [0.4, 0.5) is 5.82 Å². The molecule has 0 aliphatic carbocycles. The van der Waals surface area contributed by atoms with E-state index in [1.54, 1.807) is 19.1 Å². The van der Waals surface area contributed by atoms with Crippen LogP contribution in [0.25, 0.3) is 0 Å². The average Bonchev–Trinajstić information content (AvgIpc) is 3.00. The van der Waals surface area contributed by atoms with Gasteiger partial charge in [0.15, 0.2) is 11.6 Å². The van der Waals surface area contributed by atoms with Crippen LogP contribution in [0.2, 0.25) is 0 Å². The van der Waals surface area contributed by atoms with Crippen molar-refractivity contribution in [2.75, 3.05) is 11.4 Å². The van der Waals surface area contributed by atoms with Crippen molar-refractivity contribution in [3.05, 3.63) is 36.0 Å². The molecule has 0 aliphatic heterocycles. The number of rotatable bonds is 5. The monoisotopic (exact) mass is 264 g/mol. The van der Waals surface area contributed by atoms with E-state index in [9.17, 15) is 9.59 Å². The maximum absolute atomic E-state index is 12.2. The minimum Gasteiger partial charge on any atom is -0.481 e. The normalized spacial score (nSPS) is 10.4. The van der Waals surface area contributed by atoms with Gasteiger partial charge in [-0.2, -0.15) is 0 Å². The lowest BCUT2D eigenvalue weighted by molar-refractivity contribution is -0.136. The standard InChI is InChI=1S/C12H12N2O5/c1-8-7-10(13-19-8)14(5-4-11(15)16)12(17)9-3-2-6-18-9/h2-3,6-7H,4-5H2,1H3,(H,15,16). The summed E-state index contributed by atoms with van der Waals surface area (Å²) in [5, 5.41) is 12.4. The Labute approximate surface area is 108 Å². The molecule has 7 heteroatoms. The Morgan fingerprint density at radius 1 is 1.47 bits per heavy atom. The highest BCUT2D eigenvalue weighted by Crippen LogP contribution is 2.17. The van der Waals surface area contributed by atoms with E-state index in [0.717, 1.165) is 0 Å². The van der Waals surface area contributed by atoms with E-state index in [-0.39, 0.29) is 24.5 Å². The first-order valence-electron chi connectivity index (χ1n) is 5.58. The van der Waals surface area contributed by atoms with Gasteiger partial charge in [0.05, 0.1) is 12.7 Å². The number of aryl methyl sites for hydroxylation is 1. The third-order valence-electron chi connectivity index (χ3n) is 2.42. The largest absolute Gasteiger partial charge is 0.481 e. The molecule has 0 saturated carbocycles. The van der Waals surface area contributed by atoms with Gasteiger partial charge in [0.1, 0.15) is 5.76 Å². The SMILES string of the molecule is Cc1cc(N(CCC(=O)O)C(=O)c2ccco2)no1. The molecule has 0 fully saturated rings. The van der Waals surface area contributed by atoms with Crippen LogP contribution in [-0.2, 0) is 4.79 Å². The first kappa shape index (κ1) is 12.9. The minimum absolute atomic E-state index is 0.0131. The van der Waals surface area contributed by atoms with Crippen LogP contribution >= 0.6 is 0 Å². The van der Waals surface area contributed by atoms with Crippen LogP contribution in [0.3, 0.4) is 0 Å². The molecule has 0 radical (unpaired) electrons. The van der Waals surface area contributed by atoms with E-state index in [1.165, 1.54) is 17.2 Å². The number of aliphatic carboxylic acids is 1. The zero-order valence-electron chi connectivity index (χ0n) is 10.2. The Morgan fingerprint density at radius 3 is 2.79 bits per heavy atom. The summed E-state index contributed by atoms with van der Waals surface area (Å²) in [5.41, 5.74) is 0. The summed E-state index contributed by atoms with van der Waals surface area (Å²) in [7, 11) is 0. The summed E-state index contributed by atoms with van der Waals surface area (Å²) in [4.78, 5) is 24.0. The van der Waals surface area contributed by atoms with Crippen molar-refractivity contribution in [1.29, 1.82) is 0 Å². The van der Waals surface area contributed by atoms with Gasteiger partial charge in [0.2, 0.25) is 0 Å². The second-order valence-corrected chi connectivity index (χ2v) is 3.87. The zero-order chi connectivity index (χ0) is 13.8. The Bertz CT molecular complexity index is 573. The van der Waals surface area contributed by atoms with Crippen LogP contribution in [0.1, 0.15) is 22.7 Å². The summed E-state index contributed by atoms with van der Waals surface area (Å²) >= 11 is 0. The van der Waals surface area contributed by atoms with Crippen molar-refractivity contribution in [1.82, 2.24) is 5.16 Å². The fourth-order valence-electron chi connectivity index (χ4n) is 1.54. The molecule has 100 valence electrons. The maximum atomic E-state index is 12.2. The van der Waals surface area contributed by atoms with Crippen LogP contribution in [0, 0.1) is 6.92 Å². The van der Waals surface area contributed by atoms with E-state index in [4.69, 9.17) is 14.0 Å². The van der Waals surface area contributed by atoms with Gasteiger partial charge in [-0.1, -0.05) is 5.16 Å². The van der Waals surface area contributed by atoms with E-state index >= 15 is 0 Å². The maximum Gasteiger partial charge on any atom is 0.305 e. The predicted molar refractivity (Wildman–Crippen MR) is 63.9 cm³/mol. The number of amides is 1. The molecular formula is C12H12N2O5. The number of aromatic nitrogens is 1.